The largest absolute Gasteiger partial charge is 0.490 e. The molecule has 3 heterocycles. The fourth-order valence-corrected chi connectivity index (χ4v) is 3.66. The molecule has 3 aliphatic rings. The highest BCUT2D eigenvalue weighted by molar-refractivity contribution is 6.10. The molecule has 0 saturated carbocycles. The van der Waals surface area contributed by atoms with Gasteiger partial charge in [0, 0.05) is 24.3 Å². The van der Waals surface area contributed by atoms with E-state index in [0.717, 1.165) is 47.2 Å². The molecule has 34 heavy (non-hydrogen) atoms. The van der Waals surface area contributed by atoms with Crippen LogP contribution in [0.25, 0.3) is 11.1 Å². The summed E-state index contributed by atoms with van der Waals surface area (Å²) in [5.74, 6) is -1.38. The van der Waals surface area contributed by atoms with Crippen LogP contribution in [-0.4, -0.2) is 60.8 Å². The van der Waals surface area contributed by atoms with Crippen molar-refractivity contribution < 1.29 is 32.6 Å². The number of hydrazone groups is 1. The van der Waals surface area contributed by atoms with E-state index in [9.17, 15) is 18.0 Å². The third-order valence-electron chi connectivity index (χ3n) is 5.52. The van der Waals surface area contributed by atoms with Gasteiger partial charge in [-0.25, -0.2) is 10.2 Å². The lowest BCUT2D eigenvalue weighted by molar-refractivity contribution is -0.192. The van der Waals surface area contributed by atoms with Crippen LogP contribution in [0.1, 0.15) is 6.92 Å². The number of benzene rings is 2. The van der Waals surface area contributed by atoms with Crippen LogP contribution in [0.2, 0.25) is 0 Å². The van der Waals surface area contributed by atoms with Crippen LogP contribution in [0.4, 0.5) is 24.5 Å². The Hall–Kier alpha value is -3.80. The molecule has 1 fully saturated rings. The van der Waals surface area contributed by atoms with Crippen molar-refractivity contribution in [2.24, 2.45) is 5.10 Å². The molecule has 12 heteroatoms. The molecule has 0 aliphatic carbocycles. The third kappa shape index (κ3) is 4.76. The van der Waals surface area contributed by atoms with E-state index in [2.05, 4.69) is 45.4 Å². The van der Waals surface area contributed by atoms with Crippen LogP contribution in [0, 0.1) is 0 Å². The minimum Gasteiger partial charge on any atom is -0.483 e. The van der Waals surface area contributed by atoms with Gasteiger partial charge in [-0.2, -0.15) is 18.3 Å². The number of ether oxygens (including phenoxy) is 1. The van der Waals surface area contributed by atoms with Gasteiger partial charge in [0.25, 0.3) is 5.91 Å². The lowest BCUT2D eigenvalue weighted by atomic mass is 9.99. The monoisotopic (exact) mass is 477 g/mol. The maximum absolute atomic E-state index is 12.1. The minimum atomic E-state index is -5.08. The van der Waals surface area contributed by atoms with Gasteiger partial charge >= 0.3 is 12.1 Å². The van der Waals surface area contributed by atoms with Crippen molar-refractivity contribution in [3.63, 3.8) is 0 Å². The predicted octanol–water partition coefficient (Wildman–Crippen LogP) is 2.40. The van der Waals surface area contributed by atoms with E-state index in [0.29, 0.717) is 12.6 Å². The zero-order valence-electron chi connectivity index (χ0n) is 18.0. The number of halogens is 3. The number of hydrogen-bond acceptors (Lipinski definition) is 7. The summed E-state index contributed by atoms with van der Waals surface area (Å²) in [4.78, 5) is 23.0. The second-order valence-corrected chi connectivity index (χ2v) is 7.87. The molecule has 4 N–H and O–H groups in total. The van der Waals surface area contributed by atoms with Crippen LogP contribution in [0.5, 0.6) is 5.75 Å². The van der Waals surface area contributed by atoms with Crippen LogP contribution in [-0.2, 0) is 9.59 Å². The molecule has 2 aromatic rings. The molecule has 0 bridgehead atoms. The van der Waals surface area contributed by atoms with Crippen LogP contribution >= 0.6 is 0 Å². The Labute approximate surface area is 192 Å². The molecule has 9 nitrogen and oxygen atoms in total. The Bertz CT molecular complexity index is 1120. The van der Waals surface area contributed by atoms with Gasteiger partial charge in [0.1, 0.15) is 18.4 Å². The zero-order valence-corrected chi connectivity index (χ0v) is 18.0. The van der Waals surface area contributed by atoms with E-state index in [1.807, 2.05) is 30.0 Å². The van der Waals surface area contributed by atoms with Crippen molar-refractivity contribution >= 4 is 29.1 Å². The maximum atomic E-state index is 12.1. The average Bonchev–Trinajstić information content (AvgIpc) is 2.78. The van der Waals surface area contributed by atoms with Crippen molar-refractivity contribution in [1.29, 1.82) is 0 Å². The number of alkyl halides is 3. The van der Waals surface area contributed by atoms with E-state index in [1.165, 1.54) is 0 Å². The van der Waals surface area contributed by atoms with Crippen molar-refractivity contribution in [2.75, 3.05) is 29.9 Å². The normalized spacial score (nSPS) is 19.2. The molecule has 5 rings (SSSR count). The highest BCUT2D eigenvalue weighted by Crippen LogP contribution is 2.42. The number of hydrogen-bond donors (Lipinski definition) is 4. The first-order valence-electron chi connectivity index (χ1n) is 10.4. The Morgan fingerprint density at radius 3 is 2.50 bits per heavy atom. The first-order valence-corrected chi connectivity index (χ1v) is 10.4. The Morgan fingerprint density at radius 1 is 1.24 bits per heavy atom. The lowest BCUT2D eigenvalue weighted by Gasteiger charge is -2.39. The number of carboxylic acids is 1. The first-order chi connectivity index (χ1) is 16.1. The second-order valence-electron chi connectivity index (χ2n) is 7.87. The van der Waals surface area contributed by atoms with E-state index in [1.54, 1.807) is 0 Å². The molecule has 0 aromatic heterocycles. The third-order valence-corrected chi connectivity index (χ3v) is 5.52. The summed E-state index contributed by atoms with van der Waals surface area (Å²) < 4.78 is 37.7. The molecular formula is C22H22F3N5O4. The van der Waals surface area contributed by atoms with Crippen molar-refractivity contribution in [2.45, 2.75) is 25.2 Å². The number of aliphatic carboxylic acids is 1. The summed E-state index contributed by atoms with van der Waals surface area (Å²) in [6.45, 7) is 4.10. The van der Waals surface area contributed by atoms with E-state index in [4.69, 9.17) is 14.6 Å². The maximum Gasteiger partial charge on any atom is 0.490 e. The molecule has 1 atom stereocenters. The summed E-state index contributed by atoms with van der Waals surface area (Å²) in [5, 5.41) is 18.2. The summed E-state index contributed by atoms with van der Waals surface area (Å²) in [6, 6.07) is 14.5. The van der Waals surface area contributed by atoms with E-state index >= 15 is 0 Å². The number of carbonyl (C=O) groups excluding carboxylic acids is 1. The number of amidine groups is 1. The number of amides is 1. The number of carboxylic acid groups (broad SMARTS) is 1. The Kier molecular flexibility index (Phi) is 6.33. The first kappa shape index (κ1) is 23.4. The fourth-order valence-electron chi connectivity index (χ4n) is 3.66. The highest BCUT2D eigenvalue weighted by atomic mass is 19.4. The molecule has 1 amide bonds. The Morgan fingerprint density at radius 2 is 1.91 bits per heavy atom. The van der Waals surface area contributed by atoms with Crippen LogP contribution in [0.15, 0.2) is 47.6 Å². The van der Waals surface area contributed by atoms with Gasteiger partial charge in [-0.05, 0) is 24.6 Å². The van der Waals surface area contributed by atoms with Gasteiger partial charge in [0.2, 0.25) is 0 Å². The zero-order chi connectivity index (χ0) is 24.5. The summed E-state index contributed by atoms with van der Waals surface area (Å²) >= 11 is 0. The molecule has 180 valence electrons. The standard InChI is InChI=1S/C20H21N5O2.C2HF3O2/c1-12-20(26)24-23-19-11-27-18-7-15(13-5-3-2-4-6-13)16(8-17(18)25(12)19)22-14-9-21-10-14;3-2(4,5)1(6)7/h2-8,12,14,21-22H,9-11H2,1H3,(H,24,26);(H,6,7). The SMILES string of the molecule is CC1C(=O)NN=C2COc3cc(-c4ccccc4)c(NC4CNC4)cc3N21.O=C(O)C(F)(F)F. The Balaban J connectivity index is 0.000000344. The number of anilines is 2. The number of rotatable bonds is 3. The molecule has 1 saturated heterocycles. The summed E-state index contributed by atoms with van der Waals surface area (Å²) in [7, 11) is 0. The van der Waals surface area contributed by atoms with Crippen LogP contribution < -0.4 is 25.7 Å². The fraction of sp³-hybridized carbons (Fsp3) is 0.318. The van der Waals surface area contributed by atoms with Crippen molar-refractivity contribution in [3.8, 4) is 16.9 Å². The second kappa shape index (κ2) is 9.21. The van der Waals surface area contributed by atoms with Crippen molar-refractivity contribution in [3.05, 3.63) is 42.5 Å². The smallest absolute Gasteiger partial charge is 0.483 e. The molecule has 0 spiro atoms. The summed E-state index contributed by atoms with van der Waals surface area (Å²) in [5.41, 5.74) is 6.70. The van der Waals surface area contributed by atoms with Gasteiger partial charge in [-0.1, -0.05) is 30.3 Å². The van der Waals surface area contributed by atoms with E-state index in [-0.39, 0.29) is 11.9 Å². The van der Waals surface area contributed by atoms with Gasteiger partial charge < -0.3 is 25.4 Å². The number of nitrogens with zero attached hydrogens (tertiary/aromatic N) is 2. The lowest BCUT2D eigenvalue weighted by Crippen LogP contribution is -2.55. The van der Waals surface area contributed by atoms with Gasteiger partial charge in [0.05, 0.1) is 11.7 Å². The quantitative estimate of drug-likeness (QED) is 0.537. The van der Waals surface area contributed by atoms with Crippen LogP contribution in [0.3, 0.4) is 0 Å². The van der Waals surface area contributed by atoms with Gasteiger partial charge in [-0.3, -0.25) is 4.79 Å². The molecule has 2 aromatic carbocycles. The molecule has 3 aliphatic heterocycles. The molecule has 1 unspecified atom stereocenters. The van der Waals surface area contributed by atoms with Gasteiger partial charge in [-0.15, -0.1) is 0 Å². The number of nitrogens with one attached hydrogen (secondary N) is 3. The number of carbonyl (C=O) groups is 2. The molecule has 0 radical (unpaired) electrons. The highest BCUT2D eigenvalue weighted by Gasteiger charge is 2.38. The average molecular weight is 477 g/mol. The predicted molar refractivity (Wildman–Crippen MR) is 119 cm³/mol. The summed E-state index contributed by atoms with van der Waals surface area (Å²) in [6.07, 6.45) is -5.08. The van der Waals surface area contributed by atoms with Gasteiger partial charge in [0.15, 0.2) is 5.84 Å². The minimum absolute atomic E-state index is 0.114. The van der Waals surface area contributed by atoms with E-state index < -0.39 is 12.1 Å². The number of fused-ring (bicyclic) bond motifs is 3. The topological polar surface area (TPSA) is 115 Å². The molecular weight excluding hydrogens is 455 g/mol. The van der Waals surface area contributed by atoms with Crippen molar-refractivity contribution in [1.82, 2.24) is 10.7 Å².